The van der Waals surface area contributed by atoms with Crippen LogP contribution in [0.4, 0.5) is 0 Å². The van der Waals surface area contributed by atoms with Crippen molar-refractivity contribution in [1.29, 1.82) is 0 Å². The van der Waals surface area contributed by atoms with Gasteiger partial charge in [-0.1, -0.05) is 36.8 Å². The van der Waals surface area contributed by atoms with Crippen molar-refractivity contribution in [2.24, 2.45) is 5.92 Å². The normalized spacial score (nSPS) is 17.1. The van der Waals surface area contributed by atoms with E-state index in [4.69, 9.17) is 0 Å². The Labute approximate surface area is 139 Å². The van der Waals surface area contributed by atoms with E-state index in [2.05, 4.69) is 11.4 Å². The predicted octanol–water partition coefficient (Wildman–Crippen LogP) is 2.06. The number of hydrogen-bond acceptors (Lipinski definition) is 3. The number of nitrogens with one attached hydrogen (secondary N) is 1. The summed E-state index contributed by atoms with van der Waals surface area (Å²) in [5, 5.41) is 2.97. The maximum absolute atomic E-state index is 12.3. The van der Waals surface area contributed by atoms with Crippen LogP contribution >= 0.6 is 0 Å². The molecule has 1 aliphatic rings. The first-order valence-corrected chi connectivity index (χ1v) is 9.84. The highest BCUT2D eigenvalue weighted by atomic mass is 32.2. The Bertz CT molecular complexity index is 635. The van der Waals surface area contributed by atoms with E-state index in [-0.39, 0.29) is 17.6 Å². The molecule has 1 fully saturated rings. The number of piperidine rings is 1. The van der Waals surface area contributed by atoms with Gasteiger partial charge in [0.05, 0.1) is 5.75 Å². The quantitative estimate of drug-likeness (QED) is 0.863. The zero-order valence-electron chi connectivity index (χ0n) is 13.9. The zero-order valence-corrected chi connectivity index (χ0v) is 14.7. The van der Waals surface area contributed by atoms with E-state index in [0.29, 0.717) is 38.9 Å². The molecule has 2 rings (SSSR count). The number of amides is 1. The van der Waals surface area contributed by atoms with Crippen LogP contribution in [0.3, 0.4) is 0 Å². The minimum Gasteiger partial charge on any atom is -0.352 e. The lowest BCUT2D eigenvalue weighted by Gasteiger charge is -2.30. The van der Waals surface area contributed by atoms with Gasteiger partial charge in [0.25, 0.3) is 0 Å². The number of benzene rings is 1. The number of carbonyl (C=O) groups excluding carboxylic acids is 1. The van der Waals surface area contributed by atoms with Gasteiger partial charge in [-0.05, 0) is 31.7 Å². The van der Waals surface area contributed by atoms with Crippen molar-refractivity contribution in [2.45, 2.75) is 39.7 Å². The fourth-order valence-electron chi connectivity index (χ4n) is 2.94. The van der Waals surface area contributed by atoms with E-state index in [9.17, 15) is 13.2 Å². The molecular formula is C17H26N2O3S. The number of rotatable bonds is 6. The third kappa shape index (κ3) is 5.04. The molecule has 1 heterocycles. The highest BCUT2D eigenvalue weighted by Gasteiger charge is 2.30. The number of aryl methyl sites for hydroxylation is 1. The Morgan fingerprint density at radius 3 is 2.61 bits per heavy atom. The van der Waals surface area contributed by atoms with Crippen LogP contribution in [0.5, 0.6) is 0 Å². The molecule has 1 N–H and O–H groups in total. The monoisotopic (exact) mass is 338 g/mol. The molecule has 0 bridgehead atoms. The Balaban J connectivity index is 1.82. The number of hydrogen-bond donors (Lipinski definition) is 1. The van der Waals surface area contributed by atoms with Gasteiger partial charge in [0, 0.05) is 25.6 Å². The van der Waals surface area contributed by atoms with Crippen LogP contribution in [0, 0.1) is 12.8 Å². The lowest BCUT2D eigenvalue weighted by Crippen LogP contribution is -2.43. The lowest BCUT2D eigenvalue weighted by atomic mass is 9.97. The van der Waals surface area contributed by atoms with Gasteiger partial charge < -0.3 is 5.32 Å². The van der Waals surface area contributed by atoms with Gasteiger partial charge >= 0.3 is 0 Å². The van der Waals surface area contributed by atoms with Gasteiger partial charge in [-0.2, -0.15) is 0 Å². The summed E-state index contributed by atoms with van der Waals surface area (Å²) in [5.74, 6) is 0.129. The summed E-state index contributed by atoms with van der Waals surface area (Å²) in [6.45, 7) is 5.31. The summed E-state index contributed by atoms with van der Waals surface area (Å²) >= 11 is 0. The summed E-state index contributed by atoms with van der Waals surface area (Å²) in [6, 6.07) is 8.05. The van der Waals surface area contributed by atoms with E-state index < -0.39 is 10.0 Å². The van der Waals surface area contributed by atoms with E-state index in [1.54, 1.807) is 0 Å². The molecular weight excluding hydrogens is 312 g/mol. The standard InChI is InChI=1S/C17H26N2O3S/c1-3-11-23(21,22)19-9-7-16(8-10-19)17(20)18-13-15-6-4-5-14(2)12-15/h4-6,12,16H,3,7-11,13H2,1-2H3,(H,18,20). The first-order chi connectivity index (χ1) is 10.9. The Kier molecular flexibility index (Phi) is 6.18. The molecule has 1 aromatic carbocycles. The highest BCUT2D eigenvalue weighted by Crippen LogP contribution is 2.20. The first-order valence-electron chi connectivity index (χ1n) is 8.23. The van der Waals surface area contributed by atoms with Gasteiger partial charge in [-0.3, -0.25) is 4.79 Å². The molecule has 1 aliphatic heterocycles. The highest BCUT2D eigenvalue weighted by molar-refractivity contribution is 7.89. The number of carbonyl (C=O) groups is 1. The lowest BCUT2D eigenvalue weighted by molar-refractivity contribution is -0.126. The molecule has 0 saturated carbocycles. The molecule has 0 aliphatic carbocycles. The summed E-state index contributed by atoms with van der Waals surface area (Å²) in [6.07, 6.45) is 1.82. The SMILES string of the molecule is CCCS(=O)(=O)N1CCC(C(=O)NCc2cccc(C)c2)CC1. The van der Waals surface area contributed by atoms with Crippen LogP contribution in [0.25, 0.3) is 0 Å². The van der Waals surface area contributed by atoms with Crippen LogP contribution < -0.4 is 5.32 Å². The minimum atomic E-state index is -3.14. The fourth-order valence-corrected chi connectivity index (χ4v) is 4.48. The van der Waals surface area contributed by atoms with Crippen molar-refractivity contribution < 1.29 is 13.2 Å². The molecule has 1 amide bonds. The van der Waals surface area contributed by atoms with Crippen molar-refractivity contribution in [3.8, 4) is 0 Å². The van der Waals surface area contributed by atoms with Crippen molar-refractivity contribution in [3.05, 3.63) is 35.4 Å². The molecule has 23 heavy (non-hydrogen) atoms. The smallest absolute Gasteiger partial charge is 0.223 e. The van der Waals surface area contributed by atoms with E-state index in [1.165, 1.54) is 9.87 Å². The predicted molar refractivity (Wildman–Crippen MR) is 91.4 cm³/mol. The summed E-state index contributed by atoms with van der Waals surface area (Å²) in [4.78, 5) is 12.3. The third-order valence-electron chi connectivity index (χ3n) is 4.23. The molecule has 1 saturated heterocycles. The molecule has 0 spiro atoms. The van der Waals surface area contributed by atoms with Crippen LogP contribution in [0.1, 0.15) is 37.3 Å². The summed E-state index contributed by atoms with van der Waals surface area (Å²) < 4.78 is 25.6. The largest absolute Gasteiger partial charge is 0.352 e. The summed E-state index contributed by atoms with van der Waals surface area (Å²) in [7, 11) is -3.14. The molecule has 1 aromatic rings. The fraction of sp³-hybridized carbons (Fsp3) is 0.588. The van der Waals surface area contributed by atoms with Gasteiger partial charge in [0.1, 0.15) is 0 Å². The van der Waals surface area contributed by atoms with Crippen molar-refractivity contribution in [2.75, 3.05) is 18.8 Å². The van der Waals surface area contributed by atoms with Crippen molar-refractivity contribution in [1.82, 2.24) is 9.62 Å². The minimum absolute atomic E-state index is 0.0269. The zero-order chi connectivity index (χ0) is 16.9. The van der Waals surface area contributed by atoms with Gasteiger partial charge in [-0.25, -0.2) is 12.7 Å². The molecule has 0 radical (unpaired) electrons. The molecule has 5 nitrogen and oxygen atoms in total. The van der Waals surface area contributed by atoms with Gasteiger partial charge in [0.2, 0.25) is 15.9 Å². The van der Waals surface area contributed by atoms with Crippen molar-refractivity contribution in [3.63, 3.8) is 0 Å². The maximum Gasteiger partial charge on any atom is 0.223 e. The van der Waals surface area contributed by atoms with Crippen molar-refractivity contribution >= 4 is 15.9 Å². The molecule has 0 aromatic heterocycles. The topological polar surface area (TPSA) is 66.5 Å². The third-order valence-corrected chi connectivity index (χ3v) is 6.31. The number of sulfonamides is 1. The second-order valence-corrected chi connectivity index (χ2v) is 8.28. The second kappa shape index (κ2) is 7.93. The van der Waals surface area contributed by atoms with E-state index in [0.717, 1.165) is 5.56 Å². The van der Waals surface area contributed by atoms with E-state index >= 15 is 0 Å². The second-order valence-electron chi connectivity index (χ2n) is 6.20. The Morgan fingerprint density at radius 2 is 2.00 bits per heavy atom. The molecule has 0 unspecified atom stereocenters. The molecule has 0 atom stereocenters. The Morgan fingerprint density at radius 1 is 1.30 bits per heavy atom. The van der Waals surface area contributed by atoms with Crippen LogP contribution in [0.2, 0.25) is 0 Å². The van der Waals surface area contributed by atoms with Crippen LogP contribution in [0.15, 0.2) is 24.3 Å². The maximum atomic E-state index is 12.3. The number of nitrogens with zero attached hydrogens (tertiary/aromatic N) is 1. The summed E-state index contributed by atoms with van der Waals surface area (Å²) in [5.41, 5.74) is 2.26. The van der Waals surface area contributed by atoms with Crippen LogP contribution in [-0.2, 0) is 21.4 Å². The molecule has 6 heteroatoms. The first kappa shape index (κ1) is 17.9. The Hall–Kier alpha value is -1.40. The van der Waals surface area contributed by atoms with Crippen LogP contribution in [-0.4, -0.2) is 37.5 Å². The van der Waals surface area contributed by atoms with Gasteiger partial charge in [0.15, 0.2) is 0 Å². The average molecular weight is 338 g/mol. The molecule has 128 valence electrons. The average Bonchev–Trinajstić information content (AvgIpc) is 2.53. The van der Waals surface area contributed by atoms with Gasteiger partial charge in [-0.15, -0.1) is 0 Å². The van der Waals surface area contributed by atoms with E-state index in [1.807, 2.05) is 32.0 Å².